The van der Waals surface area contributed by atoms with Crippen LogP contribution in [0.25, 0.3) is 5.57 Å². The summed E-state index contributed by atoms with van der Waals surface area (Å²) in [7, 11) is 1.61. The van der Waals surface area contributed by atoms with Crippen LogP contribution < -0.4 is 4.74 Å². The van der Waals surface area contributed by atoms with Crippen molar-refractivity contribution < 1.29 is 9.53 Å². The maximum absolute atomic E-state index is 12.3. The minimum absolute atomic E-state index is 0.0541. The number of benzene rings is 2. The van der Waals surface area contributed by atoms with Crippen LogP contribution in [0.3, 0.4) is 0 Å². The van der Waals surface area contributed by atoms with Crippen LogP contribution in [0.5, 0.6) is 5.75 Å². The molecule has 0 unspecified atom stereocenters. The summed E-state index contributed by atoms with van der Waals surface area (Å²) in [6, 6.07) is 14.8. The van der Waals surface area contributed by atoms with Gasteiger partial charge in [-0.1, -0.05) is 18.7 Å². The van der Waals surface area contributed by atoms with E-state index in [-0.39, 0.29) is 5.78 Å². The molecule has 2 aromatic carbocycles. The molecule has 0 atom stereocenters. The van der Waals surface area contributed by atoms with E-state index < -0.39 is 0 Å². The molecular formula is C16H13IO2. The first-order valence-corrected chi connectivity index (χ1v) is 6.83. The maximum Gasteiger partial charge on any atom is 0.193 e. The summed E-state index contributed by atoms with van der Waals surface area (Å²) in [4.78, 5) is 12.3. The van der Waals surface area contributed by atoms with Crippen molar-refractivity contribution in [3.8, 4) is 5.75 Å². The van der Waals surface area contributed by atoms with Crippen LogP contribution in [0.2, 0.25) is 0 Å². The second-order valence-corrected chi connectivity index (χ2v) is 5.29. The smallest absolute Gasteiger partial charge is 0.193 e. The third kappa shape index (κ3) is 3.23. The molecule has 96 valence electrons. The van der Waals surface area contributed by atoms with E-state index in [2.05, 4.69) is 29.2 Å². The Morgan fingerprint density at radius 1 is 1.00 bits per heavy atom. The molecule has 0 aliphatic heterocycles. The topological polar surface area (TPSA) is 26.3 Å². The number of carbonyl (C=O) groups excluding carboxylic acids is 1. The van der Waals surface area contributed by atoms with Crippen LogP contribution in [0.4, 0.5) is 0 Å². The molecule has 0 bridgehead atoms. The lowest BCUT2D eigenvalue weighted by Crippen LogP contribution is -2.01. The van der Waals surface area contributed by atoms with Gasteiger partial charge in [-0.15, -0.1) is 0 Å². The molecular weight excluding hydrogens is 351 g/mol. The molecule has 0 heterocycles. The van der Waals surface area contributed by atoms with Gasteiger partial charge in [-0.05, 0) is 64.6 Å². The largest absolute Gasteiger partial charge is 0.497 e. The number of methoxy groups -OCH3 is 1. The first kappa shape index (κ1) is 13.8. The Kier molecular flexibility index (Phi) is 4.37. The van der Waals surface area contributed by atoms with E-state index in [1.165, 1.54) is 0 Å². The summed E-state index contributed by atoms with van der Waals surface area (Å²) in [6.07, 6.45) is 0. The van der Waals surface area contributed by atoms with Crippen molar-refractivity contribution in [3.05, 3.63) is 69.8 Å². The lowest BCUT2D eigenvalue weighted by molar-refractivity contribution is 0.105. The second kappa shape index (κ2) is 6.02. The molecule has 0 fully saturated rings. The Bertz CT molecular complexity index is 598. The number of rotatable bonds is 4. The maximum atomic E-state index is 12.3. The van der Waals surface area contributed by atoms with Gasteiger partial charge in [0.2, 0.25) is 0 Å². The zero-order valence-corrected chi connectivity index (χ0v) is 12.7. The van der Waals surface area contributed by atoms with Crippen molar-refractivity contribution in [2.24, 2.45) is 0 Å². The zero-order chi connectivity index (χ0) is 13.8. The molecule has 2 aromatic rings. The molecule has 0 saturated carbocycles. The van der Waals surface area contributed by atoms with Gasteiger partial charge in [0.1, 0.15) is 5.75 Å². The Labute approximate surface area is 126 Å². The van der Waals surface area contributed by atoms with E-state index in [1.807, 2.05) is 48.5 Å². The van der Waals surface area contributed by atoms with Crippen LogP contribution in [0.15, 0.2) is 55.1 Å². The van der Waals surface area contributed by atoms with Gasteiger partial charge < -0.3 is 4.74 Å². The van der Waals surface area contributed by atoms with Crippen molar-refractivity contribution in [2.45, 2.75) is 0 Å². The number of carbonyl (C=O) groups is 1. The molecule has 3 heteroatoms. The monoisotopic (exact) mass is 364 g/mol. The molecule has 0 aliphatic rings. The Balaban J connectivity index is 2.23. The minimum atomic E-state index is -0.0541. The third-order valence-electron chi connectivity index (χ3n) is 2.82. The van der Waals surface area contributed by atoms with Crippen molar-refractivity contribution in [1.29, 1.82) is 0 Å². The van der Waals surface area contributed by atoms with E-state index >= 15 is 0 Å². The highest BCUT2D eigenvalue weighted by molar-refractivity contribution is 14.1. The van der Waals surface area contributed by atoms with Gasteiger partial charge in [0.25, 0.3) is 0 Å². The van der Waals surface area contributed by atoms with Gasteiger partial charge in [0, 0.05) is 14.7 Å². The molecule has 2 nitrogen and oxygen atoms in total. The molecule has 0 spiro atoms. The van der Waals surface area contributed by atoms with Crippen LogP contribution in [-0.2, 0) is 0 Å². The minimum Gasteiger partial charge on any atom is -0.497 e. The van der Waals surface area contributed by atoms with Crippen LogP contribution in [0.1, 0.15) is 15.9 Å². The van der Waals surface area contributed by atoms with E-state index in [4.69, 9.17) is 4.74 Å². The van der Waals surface area contributed by atoms with Crippen LogP contribution in [-0.4, -0.2) is 12.9 Å². The van der Waals surface area contributed by atoms with E-state index in [0.717, 1.165) is 14.9 Å². The van der Waals surface area contributed by atoms with E-state index in [0.29, 0.717) is 11.1 Å². The number of hydrogen-bond acceptors (Lipinski definition) is 2. The van der Waals surface area contributed by atoms with Gasteiger partial charge >= 0.3 is 0 Å². The lowest BCUT2D eigenvalue weighted by Gasteiger charge is -2.06. The van der Waals surface area contributed by atoms with Gasteiger partial charge in [-0.2, -0.15) is 0 Å². The number of Topliss-reactive ketones (excluding diaryl/α,β-unsaturated/α-hetero) is 1. The van der Waals surface area contributed by atoms with Gasteiger partial charge in [-0.25, -0.2) is 0 Å². The van der Waals surface area contributed by atoms with E-state index in [9.17, 15) is 4.79 Å². The fourth-order valence-corrected chi connectivity index (χ4v) is 2.06. The van der Waals surface area contributed by atoms with Crippen LogP contribution >= 0.6 is 22.6 Å². The number of halogens is 1. The highest BCUT2D eigenvalue weighted by Gasteiger charge is 2.12. The number of ether oxygens (including phenoxy) is 1. The standard InChI is InChI=1S/C16H13IO2/c1-11(12-5-9-15(19-2)10-6-12)16(18)13-3-7-14(17)8-4-13/h3-10H,1H2,2H3. The van der Waals surface area contributed by atoms with Crippen molar-refractivity contribution in [2.75, 3.05) is 7.11 Å². The summed E-state index contributed by atoms with van der Waals surface area (Å²) in [5.41, 5.74) is 1.95. The average molecular weight is 364 g/mol. The summed E-state index contributed by atoms with van der Waals surface area (Å²) < 4.78 is 6.19. The van der Waals surface area contributed by atoms with Crippen LogP contribution in [0, 0.1) is 3.57 Å². The van der Waals surface area contributed by atoms with Crippen molar-refractivity contribution in [3.63, 3.8) is 0 Å². The number of hydrogen-bond donors (Lipinski definition) is 0. The second-order valence-electron chi connectivity index (χ2n) is 4.04. The molecule has 2 rings (SSSR count). The van der Waals surface area contributed by atoms with E-state index in [1.54, 1.807) is 7.11 Å². The summed E-state index contributed by atoms with van der Waals surface area (Å²) >= 11 is 2.21. The van der Waals surface area contributed by atoms with Gasteiger partial charge in [0.05, 0.1) is 7.11 Å². The molecule has 0 aliphatic carbocycles. The molecule has 0 radical (unpaired) electrons. The first-order chi connectivity index (χ1) is 9.11. The molecule has 19 heavy (non-hydrogen) atoms. The Morgan fingerprint density at radius 2 is 1.53 bits per heavy atom. The predicted molar refractivity (Wildman–Crippen MR) is 85.5 cm³/mol. The Hall–Kier alpha value is -1.62. The fraction of sp³-hybridized carbons (Fsp3) is 0.0625. The third-order valence-corrected chi connectivity index (χ3v) is 3.54. The van der Waals surface area contributed by atoms with Gasteiger partial charge in [-0.3, -0.25) is 4.79 Å². The molecule has 0 saturated heterocycles. The highest BCUT2D eigenvalue weighted by atomic mass is 127. The highest BCUT2D eigenvalue weighted by Crippen LogP contribution is 2.21. The first-order valence-electron chi connectivity index (χ1n) is 5.75. The quantitative estimate of drug-likeness (QED) is 0.462. The SMILES string of the molecule is C=C(C(=O)c1ccc(I)cc1)c1ccc(OC)cc1. The zero-order valence-electron chi connectivity index (χ0n) is 10.5. The molecule has 0 amide bonds. The van der Waals surface area contributed by atoms with Crippen molar-refractivity contribution >= 4 is 33.9 Å². The lowest BCUT2D eigenvalue weighted by atomic mass is 9.98. The summed E-state index contributed by atoms with van der Waals surface area (Å²) in [5, 5.41) is 0. The average Bonchev–Trinajstić information content (AvgIpc) is 2.46. The normalized spacial score (nSPS) is 10.0. The Morgan fingerprint density at radius 3 is 2.05 bits per heavy atom. The predicted octanol–water partition coefficient (Wildman–Crippen LogP) is 4.20. The summed E-state index contributed by atoms with van der Waals surface area (Å²) in [6.45, 7) is 3.89. The van der Waals surface area contributed by atoms with Crippen molar-refractivity contribution in [1.82, 2.24) is 0 Å². The summed E-state index contributed by atoms with van der Waals surface area (Å²) in [5.74, 6) is 0.708. The number of allylic oxidation sites excluding steroid dienone is 1. The fourth-order valence-electron chi connectivity index (χ4n) is 1.70. The molecule has 0 N–H and O–H groups in total. The molecule has 0 aromatic heterocycles. The number of ketones is 1. The van der Waals surface area contributed by atoms with Gasteiger partial charge in [0.15, 0.2) is 5.78 Å².